The van der Waals surface area contributed by atoms with Gasteiger partial charge in [0.15, 0.2) is 5.76 Å². The Morgan fingerprint density at radius 2 is 1.67 bits per heavy atom. The normalized spacial score (nSPS) is 11.2. The lowest BCUT2D eigenvalue weighted by Crippen LogP contribution is -2.17. The molecule has 0 spiro atoms. The minimum Gasteiger partial charge on any atom is -0.486 e. The summed E-state index contributed by atoms with van der Waals surface area (Å²) in [5, 5.41) is 15.5. The van der Waals surface area contributed by atoms with Crippen LogP contribution in [0.25, 0.3) is 11.8 Å². The minimum atomic E-state index is -0.820. The van der Waals surface area contributed by atoms with Crippen molar-refractivity contribution in [1.29, 1.82) is 0 Å². The number of ether oxygens (including phenoxy) is 2. The number of nitro benzene ring substituents is 1. The molecule has 0 bridgehead atoms. The summed E-state index contributed by atoms with van der Waals surface area (Å²) >= 11 is 0. The highest BCUT2D eigenvalue weighted by Gasteiger charge is 2.21. The van der Waals surface area contributed by atoms with Crippen LogP contribution in [0.4, 0.5) is 5.69 Å². The fraction of sp³-hybridized carbons (Fsp3) is 0.0882. The first kappa shape index (κ1) is 30.2. The first-order valence-electron chi connectivity index (χ1n) is 13.8. The maximum absolute atomic E-state index is 12.6. The zero-order valence-corrected chi connectivity index (χ0v) is 24.4. The molecule has 0 radical (unpaired) electrons. The van der Waals surface area contributed by atoms with Gasteiger partial charge in [0.25, 0.3) is 0 Å². The summed E-state index contributed by atoms with van der Waals surface area (Å²) in [4.78, 5) is 36.0. The van der Waals surface area contributed by atoms with Crippen LogP contribution in [0.15, 0.2) is 113 Å². The van der Waals surface area contributed by atoms with Crippen molar-refractivity contribution in [2.45, 2.75) is 20.5 Å². The van der Waals surface area contributed by atoms with Gasteiger partial charge in [-0.3, -0.25) is 14.9 Å². The van der Waals surface area contributed by atoms with Crippen LogP contribution < -0.4 is 14.9 Å². The molecule has 1 amide bonds. The zero-order valence-electron chi connectivity index (χ0n) is 24.4. The van der Waals surface area contributed by atoms with Crippen molar-refractivity contribution < 1.29 is 28.4 Å². The highest BCUT2D eigenvalue weighted by Crippen LogP contribution is 2.30. The number of nitro groups is 1. The second kappa shape index (κ2) is 13.8. The van der Waals surface area contributed by atoms with E-state index >= 15 is 0 Å². The smallest absolute Gasteiger partial charge is 0.336 e. The Labute approximate surface area is 258 Å². The van der Waals surface area contributed by atoms with Gasteiger partial charge in [-0.1, -0.05) is 36.4 Å². The van der Waals surface area contributed by atoms with E-state index in [9.17, 15) is 19.7 Å². The average molecular weight is 605 g/mol. The molecule has 0 saturated carbocycles. The number of esters is 1. The SMILES string of the molecule is Cc1ccc(C)n1-c1ccc(OCc2ccc(C(=O)N/N=C/c3cccc([N+](=O)[O-])c3OC(=O)/C=C/c3ccccc3)o2)cc1. The molecule has 1 N–H and O–H groups in total. The average Bonchev–Trinajstić information content (AvgIpc) is 3.66. The second-order valence-corrected chi connectivity index (χ2v) is 9.82. The maximum atomic E-state index is 12.6. The third-order valence-electron chi connectivity index (χ3n) is 6.64. The number of nitrogens with one attached hydrogen (secondary N) is 1. The number of benzene rings is 3. The van der Waals surface area contributed by atoms with Gasteiger partial charge in [-0.15, -0.1) is 0 Å². The molecule has 5 aromatic rings. The summed E-state index contributed by atoms with van der Waals surface area (Å²) in [6.07, 6.45) is 3.82. The van der Waals surface area contributed by atoms with Crippen molar-refractivity contribution in [2.24, 2.45) is 5.10 Å². The zero-order chi connectivity index (χ0) is 31.8. The number of rotatable bonds is 11. The summed E-state index contributed by atoms with van der Waals surface area (Å²) < 4.78 is 18.8. The molecule has 0 saturated heterocycles. The van der Waals surface area contributed by atoms with Gasteiger partial charge in [0.05, 0.1) is 11.1 Å². The van der Waals surface area contributed by atoms with Crippen molar-refractivity contribution in [3.05, 3.63) is 147 Å². The number of carbonyl (C=O) groups excluding carboxylic acids is 2. The van der Waals surface area contributed by atoms with Crippen LogP contribution >= 0.6 is 0 Å². The van der Waals surface area contributed by atoms with Crippen LogP contribution in [0.3, 0.4) is 0 Å². The van der Waals surface area contributed by atoms with Crippen LogP contribution in [0.1, 0.15) is 38.8 Å². The standard InChI is InChI=1S/C34H28N4O7/c1-23-11-12-24(2)37(23)27-14-16-28(17-15-27)43-22-29-18-19-31(44-29)34(40)36-35-21-26-9-6-10-30(38(41)42)33(26)45-32(39)20-13-25-7-4-3-5-8-25/h3-21H,22H2,1-2H3,(H,36,40)/b20-13+,35-21+. The number of amides is 1. The summed E-state index contributed by atoms with van der Waals surface area (Å²) in [6, 6.07) is 27.9. The second-order valence-electron chi connectivity index (χ2n) is 9.82. The van der Waals surface area contributed by atoms with Gasteiger partial charge < -0.3 is 18.5 Å². The molecule has 0 aliphatic rings. The van der Waals surface area contributed by atoms with Crippen LogP contribution in [0.5, 0.6) is 11.5 Å². The number of hydrogen-bond donors (Lipinski definition) is 1. The molecule has 0 unspecified atom stereocenters. The highest BCUT2D eigenvalue weighted by molar-refractivity contribution is 5.95. The van der Waals surface area contributed by atoms with Crippen LogP contribution in [0.2, 0.25) is 0 Å². The van der Waals surface area contributed by atoms with Crippen molar-refractivity contribution in [3.8, 4) is 17.2 Å². The van der Waals surface area contributed by atoms with E-state index in [0.29, 0.717) is 11.5 Å². The molecule has 3 aromatic carbocycles. The van der Waals surface area contributed by atoms with Gasteiger partial charge in [0.2, 0.25) is 5.75 Å². The first-order chi connectivity index (χ1) is 21.8. The molecule has 45 heavy (non-hydrogen) atoms. The minimum absolute atomic E-state index is 0.0172. The summed E-state index contributed by atoms with van der Waals surface area (Å²) in [7, 11) is 0. The maximum Gasteiger partial charge on any atom is 0.336 e. The van der Waals surface area contributed by atoms with E-state index < -0.39 is 22.5 Å². The van der Waals surface area contributed by atoms with Crippen molar-refractivity contribution in [1.82, 2.24) is 9.99 Å². The first-order valence-corrected chi connectivity index (χ1v) is 13.8. The molecule has 11 heteroatoms. The number of para-hydroxylation sites is 1. The lowest BCUT2D eigenvalue weighted by atomic mass is 10.2. The van der Waals surface area contributed by atoms with Gasteiger partial charge in [-0.05, 0) is 80.1 Å². The van der Waals surface area contributed by atoms with E-state index in [1.54, 1.807) is 30.3 Å². The number of aromatic nitrogens is 1. The molecule has 2 heterocycles. The lowest BCUT2D eigenvalue weighted by molar-refractivity contribution is -0.385. The number of furan rings is 1. The van der Waals surface area contributed by atoms with Crippen LogP contribution in [-0.2, 0) is 11.4 Å². The molecule has 0 aliphatic heterocycles. The van der Waals surface area contributed by atoms with Gasteiger partial charge in [-0.2, -0.15) is 5.10 Å². The molecular formula is C34H28N4O7. The molecule has 5 rings (SSSR count). The fourth-order valence-corrected chi connectivity index (χ4v) is 4.48. The molecule has 0 atom stereocenters. The van der Waals surface area contributed by atoms with E-state index in [-0.39, 0.29) is 23.7 Å². The Hall–Kier alpha value is -6.23. The van der Waals surface area contributed by atoms with Gasteiger partial charge in [-0.25, -0.2) is 10.2 Å². The molecular weight excluding hydrogens is 576 g/mol. The number of hydrazone groups is 1. The third-order valence-corrected chi connectivity index (χ3v) is 6.64. The third kappa shape index (κ3) is 7.59. The quantitative estimate of drug-likeness (QED) is 0.0450. The highest BCUT2D eigenvalue weighted by atomic mass is 16.6. The Bertz CT molecular complexity index is 1870. The topological polar surface area (TPSA) is 138 Å². The summed E-state index contributed by atoms with van der Waals surface area (Å²) in [5.74, 6) is -0.754. The van der Waals surface area contributed by atoms with Crippen LogP contribution in [0, 0.1) is 24.0 Å². The fourth-order valence-electron chi connectivity index (χ4n) is 4.48. The summed E-state index contributed by atoms with van der Waals surface area (Å²) in [6.45, 7) is 4.18. The van der Waals surface area contributed by atoms with E-state index in [1.807, 2.05) is 44.2 Å². The molecule has 0 aliphatic carbocycles. The van der Waals surface area contributed by atoms with Crippen molar-refractivity contribution in [3.63, 3.8) is 0 Å². The van der Waals surface area contributed by atoms with E-state index in [1.165, 1.54) is 30.3 Å². The van der Waals surface area contributed by atoms with E-state index in [4.69, 9.17) is 13.9 Å². The molecule has 2 aromatic heterocycles. The number of carbonyl (C=O) groups is 2. The molecule has 226 valence electrons. The largest absolute Gasteiger partial charge is 0.486 e. The predicted molar refractivity (Wildman–Crippen MR) is 168 cm³/mol. The van der Waals surface area contributed by atoms with E-state index in [2.05, 4.69) is 27.2 Å². The Kier molecular flexibility index (Phi) is 9.29. The van der Waals surface area contributed by atoms with Gasteiger partial charge >= 0.3 is 17.6 Å². The summed E-state index contributed by atoms with van der Waals surface area (Å²) in [5.41, 5.74) is 6.01. The van der Waals surface area contributed by atoms with Crippen molar-refractivity contribution >= 4 is 29.9 Å². The predicted octanol–water partition coefficient (Wildman–Crippen LogP) is 6.56. The number of hydrogen-bond acceptors (Lipinski definition) is 8. The number of aryl methyl sites for hydroxylation is 2. The van der Waals surface area contributed by atoms with Gasteiger partial charge in [0.1, 0.15) is 18.1 Å². The van der Waals surface area contributed by atoms with Crippen LogP contribution in [-0.4, -0.2) is 27.6 Å². The molecule has 11 nitrogen and oxygen atoms in total. The lowest BCUT2D eigenvalue weighted by Gasteiger charge is -2.10. The number of nitrogens with zero attached hydrogens (tertiary/aromatic N) is 3. The van der Waals surface area contributed by atoms with E-state index in [0.717, 1.165) is 34.9 Å². The Morgan fingerprint density at radius 3 is 2.38 bits per heavy atom. The Morgan fingerprint density at radius 1 is 0.933 bits per heavy atom. The Balaban J connectivity index is 1.19. The monoisotopic (exact) mass is 604 g/mol. The van der Waals surface area contributed by atoms with Crippen molar-refractivity contribution in [2.75, 3.05) is 0 Å². The van der Waals surface area contributed by atoms with Gasteiger partial charge in [0, 0.05) is 34.8 Å². The molecule has 0 fully saturated rings.